The smallest absolute Gasteiger partial charge is 0.218 e. The third-order valence-electron chi connectivity index (χ3n) is 2.09. The van der Waals surface area contributed by atoms with Gasteiger partial charge in [0.05, 0.1) is 6.61 Å². The van der Waals surface area contributed by atoms with E-state index in [4.69, 9.17) is 4.74 Å². The first-order valence-corrected chi connectivity index (χ1v) is 5.84. The van der Waals surface area contributed by atoms with Gasteiger partial charge in [-0.25, -0.2) is 4.98 Å². The molecular weight excluding hydrogens is 214 g/mol. The fourth-order valence-electron chi connectivity index (χ4n) is 1.25. The molecule has 94 valence electrons. The van der Waals surface area contributed by atoms with Crippen molar-refractivity contribution in [3.8, 4) is 5.88 Å². The third kappa shape index (κ3) is 4.06. The van der Waals surface area contributed by atoms with Crippen LogP contribution in [0.15, 0.2) is 18.7 Å². The van der Waals surface area contributed by atoms with Crippen molar-refractivity contribution < 1.29 is 4.74 Å². The van der Waals surface area contributed by atoms with Crippen LogP contribution in [0, 0.1) is 0 Å². The molecule has 0 bridgehead atoms. The number of ether oxygens (including phenoxy) is 1. The maximum Gasteiger partial charge on any atom is 0.218 e. The Morgan fingerprint density at radius 1 is 1.41 bits per heavy atom. The van der Waals surface area contributed by atoms with Crippen molar-refractivity contribution in [2.75, 3.05) is 18.5 Å². The van der Waals surface area contributed by atoms with E-state index < -0.39 is 0 Å². The molecule has 1 aromatic heterocycles. The number of anilines is 1. The zero-order chi connectivity index (χ0) is 12.9. The molecule has 4 nitrogen and oxygen atoms in total. The zero-order valence-electron chi connectivity index (χ0n) is 11.1. The largest absolute Gasteiger partial charge is 0.478 e. The summed E-state index contributed by atoms with van der Waals surface area (Å²) < 4.78 is 5.45. The van der Waals surface area contributed by atoms with Crippen LogP contribution in [0.2, 0.25) is 0 Å². The first kappa shape index (κ1) is 13.5. The van der Waals surface area contributed by atoms with Crippen LogP contribution >= 0.6 is 0 Å². The highest BCUT2D eigenvalue weighted by Gasteiger charge is 2.19. The quantitative estimate of drug-likeness (QED) is 0.797. The van der Waals surface area contributed by atoms with Gasteiger partial charge in [0.2, 0.25) is 5.88 Å². The normalized spacial score (nSPS) is 11.1. The summed E-state index contributed by atoms with van der Waals surface area (Å²) in [5.41, 5.74) is -0.0995. The lowest BCUT2D eigenvalue weighted by Crippen LogP contribution is -2.18. The Morgan fingerprint density at radius 2 is 2.12 bits per heavy atom. The SMILES string of the molecule is C=CCNc1cc(OCC)nc(C(C)(C)C)n1. The fourth-order valence-corrected chi connectivity index (χ4v) is 1.25. The average Bonchev–Trinajstić information content (AvgIpc) is 2.25. The number of aromatic nitrogens is 2. The molecule has 0 amide bonds. The lowest BCUT2D eigenvalue weighted by Gasteiger charge is -2.18. The Kier molecular flexibility index (Phi) is 4.49. The summed E-state index contributed by atoms with van der Waals surface area (Å²) in [6.45, 7) is 13.1. The van der Waals surface area contributed by atoms with E-state index in [2.05, 4.69) is 42.6 Å². The van der Waals surface area contributed by atoms with Gasteiger partial charge in [-0.2, -0.15) is 4.98 Å². The van der Waals surface area contributed by atoms with Crippen LogP contribution in [0.3, 0.4) is 0 Å². The summed E-state index contributed by atoms with van der Waals surface area (Å²) >= 11 is 0. The summed E-state index contributed by atoms with van der Waals surface area (Å²) in [5, 5.41) is 3.16. The van der Waals surface area contributed by atoms with Crippen LogP contribution in [-0.4, -0.2) is 23.1 Å². The van der Waals surface area contributed by atoms with Crippen LogP contribution in [-0.2, 0) is 5.41 Å². The molecule has 0 saturated heterocycles. The van der Waals surface area contributed by atoms with E-state index >= 15 is 0 Å². The molecule has 0 spiro atoms. The van der Waals surface area contributed by atoms with Gasteiger partial charge >= 0.3 is 0 Å². The van der Waals surface area contributed by atoms with E-state index in [1.165, 1.54) is 0 Å². The second-order valence-corrected chi connectivity index (χ2v) is 4.77. The third-order valence-corrected chi connectivity index (χ3v) is 2.09. The molecule has 0 fully saturated rings. The van der Waals surface area contributed by atoms with Crippen LogP contribution in [0.1, 0.15) is 33.5 Å². The summed E-state index contributed by atoms with van der Waals surface area (Å²) in [4.78, 5) is 8.88. The molecule has 17 heavy (non-hydrogen) atoms. The number of nitrogens with zero attached hydrogens (tertiary/aromatic N) is 2. The molecule has 1 N–H and O–H groups in total. The lowest BCUT2D eigenvalue weighted by atomic mass is 9.96. The van der Waals surface area contributed by atoms with Crippen LogP contribution in [0.5, 0.6) is 5.88 Å². The second kappa shape index (κ2) is 5.66. The lowest BCUT2D eigenvalue weighted by molar-refractivity contribution is 0.322. The van der Waals surface area contributed by atoms with Crippen molar-refractivity contribution in [2.24, 2.45) is 0 Å². The minimum Gasteiger partial charge on any atom is -0.478 e. The van der Waals surface area contributed by atoms with Gasteiger partial charge in [-0.15, -0.1) is 6.58 Å². The molecule has 0 aromatic carbocycles. The highest BCUT2D eigenvalue weighted by Crippen LogP contribution is 2.23. The zero-order valence-corrected chi connectivity index (χ0v) is 11.1. The Morgan fingerprint density at radius 3 is 2.65 bits per heavy atom. The number of rotatable bonds is 5. The summed E-state index contributed by atoms with van der Waals surface area (Å²) in [5.74, 6) is 2.15. The Hall–Kier alpha value is -1.58. The molecule has 1 rings (SSSR count). The van der Waals surface area contributed by atoms with Gasteiger partial charge in [-0.3, -0.25) is 0 Å². The predicted molar refractivity (Wildman–Crippen MR) is 70.6 cm³/mol. The van der Waals surface area contributed by atoms with E-state index in [0.717, 1.165) is 11.6 Å². The first-order valence-electron chi connectivity index (χ1n) is 5.84. The van der Waals surface area contributed by atoms with Crippen molar-refractivity contribution >= 4 is 5.82 Å². The molecular formula is C13H21N3O. The fraction of sp³-hybridized carbons (Fsp3) is 0.538. The van der Waals surface area contributed by atoms with Gasteiger partial charge in [-0.05, 0) is 6.92 Å². The summed E-state index contributed by atoms with van der Waals surface area (Å²) in [7, 11) is 0. The van der Waals surface area contributed by atoms with E-state index in [-0.39, 0.29) is 5.41 Å². The van der Waals surface area contributed by atoms with Crippen LogP contribution in [0.25, 0.3) is 0 Å². The van der Waals surface area contributed by atoms with Gasteiger partial charge in [-0.1, -0.05) is 26.8 Å². The number of nitrogens with one attached hydrogen (secondary N) is 1. The standard InChI is InChI=1S/C13H21N3O/c1-6-8-14-10-9-11(17-7-2)16-12(15-10)13(3,4)5/h6,9H,1,7-8H2,2-5H3,(H,14,15,16). The molecule has 4 heteroatoms. The van der Waals surface area contributed by atoms with E-state index in [1.54, 1.807) is 6.08 Å². The first-order chi connectivity index (χ1) is 7.97. The summed E-state index contributed by atoms with van der Waals surface area (Å²) in [6.07, 6.45) is 1.79. The molecule has 0 saturated carbocycles. The Bertz CT molecular complexity index is 383. The minimum atomic E-state index is -0.0995. The molecule has 1 aromatic rings. The van der Waals surface area contributed by atoms with Gasteiger partial charge in [0.1, 0.15) is 11.6 Å². The molecule has 0 aliphatic carbocycles. The van der Waals surface area contributed by atoms with Gasteiger partial charge in [0.15, 0.2) is 0 Å². The Labute approximate surface area is 103 Å². The monoisotopic (exact) mass is 235 g/mol. The van der Waals surface area contributed by atoms with Crippen LogP contribution in [0.4, 0.5) is 5.82 Å². The van der Waals surface area contributed by atoms with E-state index in [1.807, 2.05) is 13.0 Å². The van der Waals surface area contributed by atoms with Gasteiger partial charge in [0.25, 0.3) is 0 Å². The number of hydrogen-bond donors (Lipinski definition) is 1. The second-order valence-electron chi connectivity index (χ2n) is 4.77. The van der Waals surface area contributed by atoms with Crippen molar-refractivity contribution in [1.82, 2.24) is 9.97 Å². The highest BCUT2D eigenvalue weighted by atomic mass is 16.5. The minimum absolute atomic E-state index is 0.0995. The molecule has 0 atom stereocenters. The predicted octanol–water partition coefficient (Wildman–Crippen LogP) is 2.77. The topological polar surface area (TPSA) is 47.0 Å². The van der Waals surface area contributed by atoms with Crippen molar-refractivity contribution in [1.29, 1.82) is 0 Å². The molecule has 1 heterocycles. The van der Waals surface area contributed by atoms with Crippen LogP contribution < -0.4 is 10.1 Å². The van der Waals surface area contributed by atoms with Gasteiger partial charge in [0, 0.05) is 18.0 Å². The summed E-state index contributed by atoms with van der Waals surface area (Å²) in [6, 6.07) is 1.81. The molecule has 0 aliphatic rings. The maximum atomic E-state index is 5.45. The molecule has 0 unspecified atom stereocenters. The van der Waals surface area contributed by atoms with E-state index in [9.17, 15) is 0 Å². The average molecular weight is 235 g/mol. The van der Waals surface area contributed by atoms with E-state index in [0.29, 0.717) is 19.0 Å². The molecule has 0 radical (unpaired) electrons. The molecule has 0 aliphatic heterocycles. The highest BCUT2D eigenvalue weighted by molar-refractivity contribution is 5.39. The van der Waals surface area contributed by atoms with Crippen molar-refractivity contribution in [3.63, 3.8) is 0 Å². The van der Waals surface area contributed by atoms with Gasteiger partial charge < -0.3 is 10.1 Å². The maximum absolute atomic E-state index is 5.45. The van der Waals surface area contributed by atoms with Crippen molar-refractivity contribution in [3.05, 3.63) is 24.5 Å². The van der Waals surface area contributed by atoms with Crippen molar-refractivity contribution in [2.45, 2.75) is 33.1 Å². The Balaban J connectivity index is 3.04. The number of hydrogen-bond acceptors (Lipinski definition) is 4.